The molecule has 0 spiro atoms. The molecule has 4 unspecified atom stereocenters. The molecule has 0 aromatic carbocycles. The van der Waals surface area contributed by atoms with Crippen molar-refractivity contribution in [1.82, 2.24) is 4.98 Å². The van der Waals surface area contributed by atoms with E-state index in [0.29, 0.717) is 12.0 Å². The van der Waals surface area contributed by atoms with Crippen molar-refractivity contribution < 1.29 is 4.74 Å². The number of aromatic nitrogens is 1. The Hall–Kier alpha value is -0.650. The first-order valence-electron chi connectivity index (χ1n) is 5.39. The van der Waals surface area contributed by atoms with Gasteiger partial charge in [0.15, 0.2) is 5.13 Å². The first kappa shape index (κ1) is 9.57. The number of hydrogen-bond donors (Lipinski definition) is 2. The third-order valence-electron chi connectivity index (χ3n) is 3.40. The number of hydrogen-bond acceptors (Lipinski definition) is 5. The minimum atomic E-state index is 0.221. The fourth-order valence-electron chi connectivity index (χ4n) is 2.56. The van der Waals surface area contributed by atoms with Gasteiger partial charge < -0.3 is 15.8 Å². The summed E-state index contributed by atoms with van der Waals surface area (Å²) in [7, 11) is 0. The smallest absolute Gasteiger partial charge is 0.182 e. The highest BCUT2D eigenvalue weighted by molar-refractivity contribution is 7.13. The Bertz CT molecular complexity index is 329. The first-order valence-corrected chi connectivity index (χ1v) is 6.27. The van der Waals surface area contributed by atoms with Crippen LogP contribution in [0.3, 0.4) is 0 Å². The minimum absolute atomic E-state index is 0.221. The van der Waals surface area contributed by atoms with Crippen LogP contribution in [0.2, 0.25) is 0 Å². The maximum absolute atomic E-state index is 6.13. The molecule has 1 aliphatic heterocycles. The first-order chi connectivity index (χ1) is 7.36. The van der Waals surface area contributed by atoms with Crippen molar-refractivity contribution in [2.45, 2.75) is 31.0 Å². The van der Waals surface area contributed by atoms with E-state index in [1.54, 1.807) is 17.5 Å². The minimum Gasteiger partial charge on any atom is -0.376 e. The summed E-state index contributed by atoms with van der Waals surface area (Å²) < 4.78 is 5.74. The van der Waals surface area contributed by atoms with Gasteiger partial charge in [0.25, 0.3) is 0 Å². The van der Waals surface area contributed by atoms with Gasteiger partial charge in [-0.3, -0.25) is 0 Å². The number of anilines is 1. The number of ether oxygens (including phenoxy) is 1. The van der Waals surface area contributed by atoms with Gasteiger partial charge in [-0.15, -0.1) is 11.3 Å². The van der Waals surface area contributed by atoms with Crippen molar-refractivity contribution in [3.63, 3.8) is 0 Å². The van der Waals surface area contributed by atoms with Crippen LogP contribution in [0.25, 0.3) is 0 Å². The van der Waals surface area contributed by atoms with Crippen LogP contribution in [0.5, 0.6) is 0 Å². The molecule has 4 atom stereocenters. The van der Waals surface area contributed by atoms with E-state index in [0.717, 1.165) is 18.2 Å². The van der Waals surface area contributed by atoms with E-state index in [1.807, 2.05) is 5.38 Å². The highest BCUT2D eigenvalue weighted by atomic mass is 32.1. The zero-order valence-electron chi connectivity index (χ0n) is 8.43. The lowest BCUT2D eigenvalue weighted by Gasteiger charge is -2.52. The monoisotopic (exact) mass is 225 g/mol. The van der Waals surface area contributed by atoms with Gasteiger partial charge in [0.2, 0.25) is 0 Å². The van der Waals surface area contributed by atoms with E-state index < -0.39 is 0 Å². The van der Waals surface area contributed by atoms with Gasteiger partial charge in [-0.05, 0) is 12.8 Å². The number of rotatable bonds is 2. The third-order valence-corrected chi connectivity index (χ3v) is 4.10. The summed E-state index contributed by atoms with van der Waals surface area (Å²) >= 11 is 1.61. The third kappa shape index (κ3) is 1.55. The van der Waals surface area contributed by atoms with Crippen molar-refractivity contribution in [2.24, 2.45) is 11.7 Å². The molecule has 0 radical (unpaired) electrons. The van der Waals surface area contributed by atoms with Gasteiger partial charge >= 0.3 is 0 Å². The van der Waals surface area contributed by atoms with Crippen molar-refractivity contribution in [3.8, 4) is 0 Å². The number of thiazole rings is 1. The molecule has 15 heavy (non-hydrogen) atoms. The molecule has 2 aliphatic rings. The van der Waals surface area contributed by atoms with Crippen molar-refractivity contribution in [2.75, 3.05) is 11.9 Å². The molecule has 82 valence electrons. The summed E-state index contributed by atoms with van der Waals surface area (Å²) in [6.45, 7) is 0.879. The Morgan fingerprint density at radius 1 is 1.60 bits per heavy atom. The van der Waals surface area contributed by atoms with Gasteiger partial charge in [0, 0.05) is 30.1 Å². The summed E-state index contributed by atoms with van der Waals surface area (Å²) in [5.74, 6) is 0.552. The molecule has 1 aromatic heterocycles. The lowest BCUT2D eigenvalue weighted by Crippen LogP contribution is -2.69. The van der Waals surface area contributed by atoms with E-state index in [2.05, 4.69) is 10.3 Å². The molecule has 1 saturated heterocycles. The Balaban J connectivity index is 1.67. The predicted octanol–water partition coefficient (Wildman–Crippen LogP) is 1.06. The van der Waals surface area contributed by atoms with Crippen LogP contribution in [0, 0.1) is 5.92 Å². The van der Waals surface area contributed by atoms with E-state index in [-0.39, 0.29) is 12.1 Å². The van der Waals surface area contributed by atoms with Crippen LogP contribution in [-0.4, -0.2) is 29.8 Å². The van der Waals surface area contributed by atoms with Crippen molar-refractivity contribution in [1.29, 1.82) is 0 Å². The average molecular weight is 225 g/mol. The molecule has 1 aromatic rings. The molecular formula is C10H15N3OS. The zero-order chi connectivity index (χ0) is 10.3. The normalized spacial score (nSPS) is 39.3. The highest BCUT2D eigenvalue weighted by Gasteiger charge is 2.50. The highest BCUT2D eigenvalue weighted by Crippen LogP contribution is 2.38. The Morgan fingerprint density at radius 3 is 3.33 bits per heavy atom. The van der Waals surface area contributed by atoms with E-state index in [9.17, 15) is 0 Å². The Kier molecular flexibility index (Phi) is 2.38. The quantitative estimate of drug-likeness (QED) is 0.790. The molecule has 1 saturated carbocycles. The average Bonchev–Trinajstić information content (AvgIpc) is 2.78. The summed E-state index contributed by atoms with van der Waals surface area (Å²) in [6.07, 6.45) is 4.47. The van der Waals surface area contributed by atoms with Crippen LogP contribution < -0.4 is 11.1 Å². The number of nitrogens with one attached hydrogen (secondary N) is 1. The fraction of sp³-hybridized carbons (Fsp3) is 0.700. The standard InChI is InChI=1S/C10H15N3OS/c11-7-6-2-1-4-14-9(6)8(7)13-10-12-3-5-15-10/h3,5-9H,1-2,4,11H2,(H,12,13). The van der Waals surface area contributed by atoms with Crippen LogP contribution in [0.4, 0.5) is 5.13 Å². The van der Waals surface area contributed by atoms with Crippen molar-refractivity contribution in [3.05, 3.63) is 11.6 Å². The van der Waals surface area contributed by atoms with E-state index in [4.69, 9.17) is 10.5 Å². The van der Waals surface area contributed by atoms with Crippen LogP contribution in [0.1, 0.15) is 12.8 Å². The molecule has 1 aliphatic carbocycles. The molecule has 2 heterocycles. The lowest BCUT2D eigenvalue weighted by atomic mass is 9.69. The van der Waals surface area contributed by atoms with Gasteiger partial charge in [0.05, 0.1) is 12.1 Å². The summed E-state index contributed by atoms with van der Waals surface area (Å²) in [5.41, 5.74) is 6.13. The maximum atomic E-state index is 6.13. The van der Waals surface area contributed by atoms with Crippen LogP contribution in [-0.2, 0) is 4.74 Å². The summed E-state index contributed by atoms with van der Waals surface area (Å²) in [6, 6.07) is 0.473. The molecule has 3 rings (SSSR count). The van der Waals surface area contributed by atoms with E-state index in [1.165, 1.54) is 6.42 Å². The largest absolute Gasteiger partial charge is 0.376 e. The molecule has 5 heteroatoms. The summed E-state index contributed by atoms with van der Waals surface area (Å²) in [5, 5.41) is 6.28. The zero-order valence-corrected chi connectivity index (χ0v) is 9.24. The van der Waals surface area contributed by atoms with Crippen molar-refractivity contribution >= 4 is 16.5 Å². The fourth-order valence-corrected chi connectivity index (χ4v) is 3.14. The van der Waals surface area contributed by atoms with Crippen LogP contribution >= 0.6 is 11.3 Å². The number of nitrogens with zero attached hydrogens (tertiary/aromatic N) is 1. The SMILES string of the molecule is NC1C2CCCOC2C1Nc1nccs1. The van der Waals surface area contributed by atoms with Crippen LogP contribution in [0.15, 0.2) is 11.6 Å². The molecule has 0 amide bonds. The van der Waals surface area contributed by atoms with Gasteiger partial charge in [-0.1, -0.05) is 0 Å². The van der Waals surface area contributed by atoms with Gasteiger partial charge in [-0.25, -0.2) is 4.98 Å². The van der Waals surface area contributed by atoms with Gasteiger partial charge in [0.1, 0.15) is 0 Å². The molecule has 3 N–H and O–H groups in total. The second kappa shape index (κ2) is 3.73. The maximum Gasteiger partial charge on any atom is 0.182 e. The predicted molar refractivity (Wildman–Crippen MR) is 60.0 cm³/mol. The molecule has 0 bridgehead atoms. The second-order valence-electron chi connectivity index (χ2n) is 4.23. The Morgan fingerprint density at radius 2 is 2.53 bits per heavy atom. The molecule has 2 fully saturated rings. The second-order valence-corrected chi connectivity index (χ2v) is 5.12. The number of fused-ring (bicyclic) bond motifs is 1. The topological polar surface area (TPSA) is 60.2 Å². The summed E-state index contributed by atoms with van der Waals surface area (Å²) in [4.78, 5) is 4.21. The number of nitrogens with two attached hydrogens (primary N) is 1. The molecular weight excluding hydrogens is 210 g/mol. The lowest BCUT2D eigenvalue weighted by molar-refractivity contribution is -0.104. The Labute approximate surface area is 92.8 Å². The molecule has 4 nitrogen and oxygen atoms in total. The van der Waals surface area contributed by atoms with Gasteiger partial charge in [-0.2, -0.15) is 0 Å². The van der Waals surface area contributed by atoms with E-state index >= 15 is 0 Å².